The fourth-order valence-corrected chi connectivity index (χ4v) is 2.62. The zero-order valence-electron chi connectivity index (χ0n) is 9.27. The van der Waals surface area contributed by atoms with Crippen LogP contribution in [0.1, 0.15) is 10.4 Å². The van der Waals surface area contributed by atoms with Crippen molar-refractivity contribution in [2.45, 2.75) is 4.90 Å². The Bertz CT molecular complexity index is 713. The predicted octanol–water partition coefficient (Wildman–Crippen LogP) is 4.12. The first-order chi connectivity index (χ1) is 8.35. The van der Waals surface area contributed by atoms with Gasteiger partial charge in [-0.1, -0.05) is 18.2 Å². The summed E-state index contributed by atoms with van der Waals surface area (Å²) in [5.41, 5.74) is 2.32. The molecule has 0 radical (unpaired) electrons. The Hall–Kier alpha value is -1.74. The number of rotatable bonds is 2. The Kier molecular flexibility index (Phi) is 2.41. The fourth-order valence-electron chi connectivity index (χ4n) is 2.09. The Morgan fingerprint density at radius 1 is 1.18 bits per heavy atom. The van der Waals surface area contributed by atoms with Crippen LogP contribution in [0.2, 0.25) is 0 Å². The lowest BCUT2D eigenvalue weighted by Crippen LogP contribution is -1.82. The van der Waals surface area contributed by atoms with Gasteiger partial charge in [-0.25, -0.2) is 0 Å². The fraction of sp³-hybridized carbons (Fsp3) is 0.0714. The second kappa shape index (κ2) is 3.93. The van der Waals surface area contributed by atoms with Crippen LogP contribution in [0.5, 0.6) is 0 Å². The van der Waals surface area contributed by atoms with Crippen LogP contribution in [0.25, 0.3) is 21.9 Å². The number of carbonyl (C=O) groups is 1. The Balaban J connectivity index is 2.57. The second-order valence-corrected chi connectivity index (χ2v) is 4.63. The van der Waals surface area contributed by atoms with Crippen molar-refractivity contribution in [1.82, 2.24) is 0 Å². The molecule has 3 heteroatoms. The van der Waals surface area contributed by atoms with Gasteiger partial charge in [-0.3, -0.25) is 4.79 Å². The molecule has 0 saturated carbocycles. The maximum Gasteiger partial charge on any atom is 0.150 e. The first kappa shape index (κ1) is 10.4. The Morgan fingerprint density at radius 2 is 2.00 bits per heavy atom. The zero-order chi connectivity index (χ0) is 11.8. The van der Waals surface area contributed by atoms with Crippen molar-refractivity contribution in [2.75, 3.05) is 6.26 Å². The first-order valence-electron chi connectivity index (χ1n) is 5.28. The van der Waals surface area contributed by atoms with E-state index in [0.29, 0.717) is 5.56 Å². The summed E-state index contributed by atoms with van der Waals surface area (Å²) in [4.78, 5) is 12.2. The van der Waals surface area contributed by atoms with Crippen LogP contribution >= 0.6 is 11.8 Å². The van der Waals surface area contributed by atoms with E-state index in [9.17, 15) is 4.79 Å². The van der Waals surface area contributed by atoms with Gasteiger partial charge in [0.15, 0.2) is 6.29 Å². The van der Waals surface area contributed by atoms with Gasteiger partial charge in [-0.2, -0.15) is 0 Å². The molecule has 1 heterocycles. The van der Waals surface area contributed by atoms with Gasteiger partial charge in [-0.15, -0.1) is 11.8 Å². The molecule has 17 heavy (non-hydrogen) atoms. The lowest BCUT2D eigenvalue weighted by molar-refractivity contribution is 0.112. The third-order valence-corrected chi connectivity index (χ3v) is 3.63. The topological polar surface area (TPSA) is 30.2 Å². The monoisotopic (exact) mass is 242 g/mol. The molecule has 0 N–H and O–H groups in total. The van der Waals surface area contributed by atoms with Crippen LogP contribution in [-0.4, -0.2) is 12.5 Å². The van der Waals surface area contributed by atoms with Crippen molar-refractivity contribution in [3.8, 4) is 0 Å². The number of fused-ring (bicyclic) bond motifs is 3. The van der Waals surface area contributed by atoms with Gasteiger partial charge in [0.2, 0.25) is 0 Å². The average Bonchev–Trinajstić information content (AvgIpc) is 2.77. The lowest BCUT2D eigenvalue weighted by Gasteiger charge is -1.99. The van der Waals surface area contributed by atoms with Gasteiger partial charge in [0.05, 0.1) is 4.90 Å². The number of aldehydes is 1. The molecule has 0 aliphatic heterocycles. The van der Waals surface area contributed by atoms with Crippen molar-refractivity contribution < 1.29 is 9.21 Å². The van der Waals surface area contributed by atoms with Crippen LogP contribution in [0.4, 0.5) is 0 Å². The van der Waals surface area contributed by atoms with Gasteiger partial charge >= 0.3 is 0 Å². The van der Waals surface area contributed by atoms with E-state index >= 15 is 0 Å². The van der Waals surface area contributed by atoms with Crippen molar-refractivity contribution in [2.24, 2.45) is 0 Å². The van der Waals surface area contributed by atoms with E-state index in [-0.39, 0.29) is 0 Å². The van der Waals surface area contributed by atoms with Crippen molar-refractivity contribution >= 4 is 40.0 Å². The van der Waals surface area contributed by atoms with E-state index in [4.69, 9.17) is 4.42 Å². The quantitative estimate of drug-likeness (QED) is 0.500. The molecule has 2 nitrogen and oxygen atoms in total. The van der Waals surface area contributed by atoms with Crippen molar-refractivity contribution in [1.29, 1.82) is 0 Å². The molecule has 2 aromatic carbocycles. The normalized spacial score (nSPS) is 11.1. The standard InChI is InChI=1S/C14H10O2S/c1-17-12-7-6-9(8-15)13-10-4-2-3-5-11(10)16-14(12)13/h2-8H,1H3. The summed E-state index contributed by atoms with van der Waals surface area (Å²) in [5.74, 6) is 0. The average molecular weight is 242 g/mol. The molecule has 0 aliphatic carbocycles. The predicted molar refractivity (Wildman–Crippen MR) is 70.9 cm³/mol. The maximum absolute atomic E-state index is 11.1. The second-order valence-electron chi connectivity index (χ2n) is 3.78. The summed E-state index contributed by atoms with van der Waals surface area (Å²) in [5, 5.41) is 1.92. The van der Waals surface area contributed by atoms with Crippen LogP contribution in [0.15, 0.2) is 45.7 Å². The largest absolute Gasteiger partial charge is 0.455 e. The minimum atomic E-state index is 0.683. The molecular formula is C14H10O2S. The highest BCUT2D eigenvalue weighted by Crippen LogP contribution is 2.36. The number of furan rings is 1. The summed E-state index contributed by atoms with van der Waals surface area (Å²) < 4.78 is 5.84. The van der Waals surface area contributed by atoms with E-state index in [0.717, 1.165) is 33.1 Å². The summed E-state index contributed by atoms with van der Waals surface area (Å²) in [6.07, 6.45) is 2.89. The van der Waals surface area contributed by atoms with Crippen molar-refractivity contribution in [3.63, 3.8) is 0 Å². The van der Waals surface area contributed by atoms with Gasteiger partial charge in [-0.05, 0) is 24.5 Å². The Morgan fingerprint density at radius 3 is 2.76 bits per heavy atom. The molecule has 84 valence electrons. The SMILES string of the molecule is CSc1ccc(C=O)c2c1oc1ccccc12. The van der Waals surface area contributed by atoms with E-state index in [2.05, 4.69) is 0 Å². The number of hydrogen-bond acceptors (Lipinski definition) is 3. The third kappa shape index (κ3) is 1.46. The molecule has 3 rings (SSSR count). The molecule has 3 aromatic rings. The van der Waals surface area contributed by atoms with E-state index in [1.165, 1.54) is 0 Å². The van der Waals surface area contributed by atoms with Crippen LogP contribution < -0.4 is 0 Å². The molecule has 0 fully saturated rings. The number of hydrogen-bond donors (Lipinski definition) is 0. The molecular weight excluding hydrogens is 232 g/mol. The van der Waals surface area contributed by atoms with Crippen molar-refractivity contribution in [3.05, 3.63) is 42.0 Å². The van der Waals surface area contributed by atoms with Gasteiger partial charge in [0.1, 0.15) is 11.2 Å². The highest BCUT2D eigenvalue weighted by atomic mass is 32.2. The maximum atomic E-state index is 11.1. The minimum absolute atomic E-state index is 0.683. The zero-order valence-corrected chi connectivity index (χ0v) is 10.1. The molecule has 0 unspecified atom stereocenters. The van der Waals surface area contributed by atoms with Crippen LogP contribution in [0, 0.1) is 0 Å². The molecule has 0 spiro atoms. The molecule has 0 saturated heterocycles. The lowest BCUT2D eigenvalue weighted by atomic mass is 10.1. The van der Waals surface area contributed by atoms with Crippen LogP contribution in [0.3, 0.4) is 0 Å². The van der Waals surface area contributed by atoms with Gasteiger partial charge in [0.25, 0.3) is 0 Å². The highest BCUT2D eigenvalue weighted by molar-refractivity contribution is 7.98. The highest BCUT2D eigenvalue weighted by Gasteiger charge is 2.13. The molecule has 0 atom stereocenters. The van der Waals surface area contributed by atoms with Gasteiger partial charge in [0, 0.05) is 16.3 Å². The third-order valence-electron chi connectivity index (χ3n) is 2.87. The summed E-state index contributed by atoms with van der Waals surface area (Å²) in [7, 11) is 0. The molecule has 0 bridgehead atoms. The van der Waals surface area contributed by atoms with E-state index < -0.39 is 0 Å². The smallest absolute Gasteiger partial charge is 0.150 e. The van der Waals surface area contributed by atoms with E-state index in [1.54, 1.807) is 11.8 Å². The number of para-hydroxylation sites is 1. The molecule has 0 amide bonds. The van der Waals surface area contributed by atoms with Gasteiger partial charge < -0.3 is 4.42 Å². The minimum Gasteiger partial charge on any atom is -0.455 e. The number of benzene rings is 2. The summed E-state index contributed by atoms with van der Waals surface area (Å²) in [6.45, 7) is 0. The summed E-state index contributed by atoms with van der Waals surface area (Å²) in [6, 6.07) is 11.6. The summed E-state index contributed by atoms with van der Waals surface area (Å²) >= 11 is 1.62. The first-order valence-corrected chi connectivity index (χ1v) is 6.51. The number of carbonyl (C=O) groups excluding carboxylic acids is 1. The molecule has 1 aromatic heterocycles. The molecule has 0 aliphatic rings. The number of thioether (sulfide) groups is 1. The Labute approximate surface area is 103 Å². The van der Waals surface area contributed by atoms with E-state index in [1.807, 2.05) is 42.7 Å². The van der Waals surface area contributed by atoms with Crippen LogP contribution in [-0.2, 0) is 0 Å².